The molecule has 52 valence electrons. The van der Waals surface area contributed by atoms with E-state index in [9.17, 15) is 4.79 Å². The summed E-state index contributed by atoms with van der Waals surface area (Å²) in [5.74, 6) is 0. The Labute approximate surface area is 64.4 Å². The average molecular weight is 165 g/mol. The predicted molar refractivity (Wildman–Crippen MR) is 41.8 cm³/mol. The molecular weight excluding hydrogens is 158 g/mol. The van der Waals surface area contributed by atoms with Crippen LogP contribution in [-0.4, -0.2) is 29.5 Å². The molecule has 0 aliphatic carbocycles. The van der Waals surface area contributed by atoms with Crippen molar-refractivity contribution in [2.45, 2.75) is 0 Å². The van der Waals surface area contributed by atoms with E-state index in [0.29, 0.717) is 0 Å². The Morgan fingerprint density at radius 2 is 2.56 bits per heavy atom. The number of thiocarbonyl (C=S) groups is 1. The molecule has 0 aliphatic heterocycles. The summed E-state index contributed by atoms with van der Waals surface area (Å²) in [5.41, 5.74) is 1.10. The maximum atomic E-state index is 10.3. The first-order valence-electron chi connectivity index (χ1n) is 2.17. The van der Waals surface area contributed by atoms with Gasteiger partial charge in [0.2, 0.25) is 0 Å². The average Bonchev–Trinajstić information content (AvgIpc) is 1.82. The molecule has 0 aromatic carbocycles. The van der Waals surface area contributed by atoms with Crippen molar-refractivity contribution in [2.24, 2.45) is 0 Å². The lowest BCUT2D eigenvalue weighted by atomic mass is 10.9. The zero-order valence-electron chi connectivity index (χ0n) is 4.90. The monoisotopic (exact) mass is 165 g/mol. The zero-order valence-corrected chi connectivity index (χ0v) is 6.61. The molecule has 0 aliphatic rings. The molecule has 0 unspecified atom stereocenters. The largest absolute Gasteiger partial charge is 0.469 e. The Morgan fingerprint density at radius 3 is 2.89 bits per heavy atom. The minimum absolute atomic E-state index is 0.159. The fraction of sp³-hybridized carbons (Fsp3) is 0.500. The second kappa shape index (κ2) is 4.58. The van der Waals surface area contributed by atoms with Gasteiger partial charge in [-0.2, -0.15) is 0 Å². The number of carbonyl (C=O) groups excluding carboxylic acids is 1. The molecule has 5 heteroatoms. The van der Waals surface area contributed by atoms with E-state index in [2.05, 4.69) is 29.6 Å². The van der Waals surface area contributed by atoms with Gasteiger partial charge in [0.15, 0.2) is 6.73 Å². The molecule has 0 bridgehead atoms. The van der Waals surface area contributed by atoms with Gasteiger partial charge in [-0.15, -0.1) is 0 Å². The van der Waals surface area contributed by atoms with Crippen molar-refractivity contribution in [3.05, 3.63) is 0 Å². The van der Waals surface area contributed by atoms with Crippen LogP contribution in [0.15, 0.2) is 0 Å². The summed E-state index contributed by atoms with van der Waals surface area (Å²) in [7, 11) is 1.56. The summed E-state index contributed by atoms with van der Waals surface area (Å²) in [6, 6.07) is 0. The van der Waals surface area contributed by atoms with Crippen molar-refractivity contribution in [1.29, 1.82) is 0 Å². The van der Waals surface area contributed by atoms with Gasteiger partial charge in [0.25, 0.3) is 5.24 Å². The first kappa shape index (κ1) is 8.71. The normalized spacial score (nSPS) is 8.22. The van der Waals surface area contributed by atoms with Crippen LogP contribution in [-0.2, 0) is 4.74 Å². The molecule has 0 aromatic heterocycles. The van der Waals surface area contributed by atoms with Gasteiger partial charge in [-0.25, -0.2) is 0 Å². The van der Waals surface area contributed by atoms with Crippen molar-refractivity contribution in [3.8, 4) is 0 Å². The number of hydrogen-bond acceptors (Lipinski definition) is 3. The van der Waals surface area contributed by atoms with Crippen molar-refractivity contribution >= 4 is 35.6 Å². The van der Waals surface area contributed by atoms with Crippen molar-refractivity contribution in [2.75, 3.05) is 13.8 Å². The number of amides is 1. The molecule has 0 fully saturated rings. The molecule has 3 nitrogen and oxygen atoms in total. The fourth-order valence-electron chi connectivity index (χ4n) is 0.197. The summed E-state index contributed by atoms with van der Waals surface area (Å²) >= 11 is 7.87. The summed E-state index contributed by atoms with van der Waals surface area (Å²) in [6.45, 7) is 0.159. The molecule has 9 heavy (non-hydrogen) atoms. The van der Waals surface area contributed by atoms with Crippen LogP contribution in [0.4, 0.5) is 4.79 Å². The highest BCUT2D eigenvalue weighted by Crippen LogP contribution is 1.89. The van der Waals surface area contributed by atoms with Gasteiger partial charge in [0.05, 0.1) is 0 Å². The highest BCUT2D eigenvalue weighted by molar-refractivity contribution is 7.96. The molecule has 0 N–H and O–H groups in total. The zero-order chi connectivity index (χ0) is 7.28. The van der Waals surface area contributed by atoms with Gasteiger partial charge in [-0.3, -0.25) is 4.79 Å². The van der Waals surface area contributed by atoms with E-state index < -0.39 is 0 Å². The molecule has 0 spiro atoms. The van der Waals surface area contributed by atoms with E-state index in [-0.39, 0.29) is 12.0 Å². The third kappa shape index (κ3) is 4.23. The highest BCUT2D eigenvalue weighted by atomic mass is 32.1. The minimum atomic E-state index is -0.341. The number of rotatable bonds is 3. The van der Waals surface area contributed by atoms with Gasteiger partial charge in [0, 0.05) is 7.05 Å². The third-order valence-corrected chi connectivity index (χ3v) is 1.14. The van der Waals surface area contributed by atoms with Crippen LogP contribution in [0, 0.1) is 0 Å². The van der Waals surface area contributed by atoms with E-state index in [1.807, 2.05) is 0 Å². The lowest BCUT2D eigenvalue weighted by Gasteiger charge is -2.11. The lowest BCUT2D eigenvalue weighted by Crippen LogP contribution is -2.23. The summed E-state index contributed by atoms with van der Waals surface area (Å²) in [5, 5.41) is -0.341. The van der Waals surface area contributed by atoms with E-state index >= 15 is 0 Å². The highest BCUT2D eigenvalue weighted by Gasteiger charge is 1.99. The van der Waals surface area contributed by atoms with E-state index in [0.717, 1.165) is 5.55 Å². The summed E-state index contributed by atoms with van der Waals surface area (Å²) < 4.78 is 4.60. The lowest BCUT2D eigenvalue weighted by molar-refractivity contribution is 0.173. The molecule has 0 heterocycles. The second-order valence-corrected chi connectivity index (χ2v) is 1.95. The molecule has 0 radical (unpaired) electrons. The van der Waals surface area contributed by atoms with Gasteiger partial charge in [0.1, 0.15) is 5.55 Å². The van der Waals surface area contributed by atoms with Crippen LogP contribution in [0.2, 0.25) is 0 Å². The Balaban J connectivity index is 3.37. The van der Waals surface area contributed by atoms with Gasteiger partial charge >= 0.3 is 0 Å². The SMILES string of the molecule is CN(COC=S)C(=O)S. The molecule has 1 amide bonds. The Morgan fingerprint density at radius 1 is 2.00 bits per heavy atom. The predicted octanol–water partition coefficient (Wildman–Crippen LogP) is 0.899. The first-order valence-corrected chi connectivity index (χ1v) is 3.09. The number of nitrogens with zero attached hydrogens (tertiary/aromatic N) is 1. The molecule has 0 saturated heterocycles. The minimum Gasteiger partial charge on any atom is -0.469 e. The van der Waals surface area contributed by atoms with Crippen LogP contribution < -0.4 is 0 Å². The standard InChI is InChI=1S/C4H7NO2S2/c1-5(4(6)9)2-7-3-8/h3H,2H2,1H3,(H,6,9). The van der Waals surface area contributed by atoms with Crippen molar-refractivity contribution in [1.82, 2.24) is 4.90 Å². The molecule has 0 aromatic rings. The number of ether oxygens (including phenoxy) is 1. The van der Waals surface area contributed by atoms with Gasteiger partial charge < -0.3 is 9.64 Å². The molecule has 0 saturated carbocycles. The van der Waals surface area contributed by atoms with Crippen LogP contribution in [0.25, 0.3) is 0 Å². The Bertz CT molecular complexity index is 117. The molecular formula is C4H7NO2S2. The van der Waals surface area contributed by atoms with Gasteiger partial charge in [-0.05, 0) is 12.2 Å². The molecule has 0 atom stereocenters. The maximum Gasteiger partial charge on any atom is 0.280 e. The van der Waals surface area contributed by atoms with Crippen LogP contribution in [0.1, 0.15) is 0 Å². The Kier molecular flexibility index (Phi) is 4.43. The van der Waals surface area contributed by atoms with Crippen molar-refractivity contribution < 1.29 is 9.53 Å². The quantitative estimate of drug-likeness (QED) is 0.383. The summed E-state index contributed by atoms with van der Waals surface area (Å²) in [6.07, 6.45) is 0. The van der Waals surface area contributed by atoms with Crippen LogP contribution >= 0.6 is 24.8 Å². The van der Waals surface area contributed by atoms with Crippen molar-refractivity contribution in [3.63, 3.8) is 0 Å². The van der Waals surface area contributed by atoms with E-state index in [1.54, 1.807) is 7.05 Å². The van der Waals surface area contributed by atoms with Gasteiger partial charge in [-0.1, -0.05) is 12.6 Å². The smallest absolute Gasteiger partial charge is 0.280 e. The topological polar surface area (TPSA) is 29.5 Å². The number of carbonyl (C=O) groups is 1. The molecule has 0 rings (SSSR count). The number of thiol groups is 1. The first-order chi connectivity index (χ1) is 4.18. The number of hydrogen-bond donors (Lipinski definition) is 1. The Hall–Kier alpha value is -0.290. The van der Waals surface area contributed by atoms with Crippen LogP contribution in [0.5, 0.6) is 0 Å². The van der Waals surface area contributed by atoms with E-state index in [4.69, 9.17) is 0 Å². The fourth-order valence-corrected chi connectivity index (χ4v) is 0.316. The third-order valence-electron chi connectivity index (χ3n) is 0.663. The summed E-state index contributed by atoms with van der Waals surface area (Å²) in [4.78, 5) is 11.6. The van der Waals surface area contributed by atoms with Crippen LogP contribution in [0.3, 0.4) is 0 Å². The second-order valence-electron chi connectivity index (χ2n) is 1.37. The van der Waals surface area contributed by atoms with E-state index in [1.165, 1.54) is 4.90 Å². The maximum absolute atomic E-state index is 10.3.